The van der Waals surface area contributed by atoms with Gasteiger partial charge in [0, 0.05) is 10.8 Å². The van der Waals surface area contributed by atoms with Crippen LogP contribution in [0.5, 0.6) is 0 Å². The highest BCUT2D eigenvalue weighted by atomic mass is 16.3. The molecule has 0 fully saturated rings. The molecule has 43 valence electrons. The first-order valence-corrected chi connectivity index (χ1v) is 2.81. The van der Waals surface area contributed by atoms with E-state index in [9.17, 15) is 0 Å². The average molecular weight is 117 g/mol. The molecule has 9 heavy (non-hydrogen) atoms. The van der Waals surface area contributed by atoms with Crippen LogP contribution in [0, 0.1) is 6.26 Å². The number of furan rings is 1. The smallest absolute Gasteiger partial charge is 0.177 e. The second kappa shape index (κ2) is 1.62. The number of hydrogen-bond donors (Lipinski definition) is 0. The van der Waals surface area contributed by atoms with E-state index in [1.165, 1.54) is 0 Å². The van der Waals surface area contributed by atoms with Crippen molar-refractivity contribution >= 4 is 10.8 Å². The molecule has 1 aromatic carbocycles. The highest BCUT2D eigenvalue weighted by molar-refractivity contribution is 5.80. The van der Waals surface area contributed by atoms with Gasteiger partial charge < -0.3 is 4.42 Å². The fraction of sp³-hybridized carbons (Fsp3) is 0. The molecule has 0 aliphatic carbocycles. The monoisotopic (exact) mass is 117 g/mol. The van der Waals surface area contributed by atoms with Crippen LogP contribution in [0.3, 0.4) is 0 Å². The third kappa shape index (κ3) is 0.617. The van der Waals surface area contributed by atoms with Crippen molar-refractivity contribution in [1.82, 2.24) is 0 Å². The first kappa shape index (κ1) is 4.62. The van der Waals surface area contributed by atoms with Crippen molar-refractivity contribution in [3.8, 4) is 0 Å². The quantitative estimate of drug-likeness (QED) is 0.515. The van der Waals surface area contributed by atoms with Gasteiger partial charge in [-0.3, -0.25) is 0 Å². The molecule has 1 aromatic heterocycles. The van der Waals surface area contributed by atoms with Crippen molar-refractivity contribution in [2.24, 2.45) is 0 Å². The lowest BCUT2D eigenvalue weighted by Crippen LogP contribution is -1.57. The molecule has 0 aliphatic rings. The Kier molecular flexibility index (Phi) is 0.833. The zero-order valence-corrected chi connectivity index (χ0v) is 4.79. The lowest BCUT2D eigenvalue weighted by atomic mass is 10.2. The molecule has 0 saturated carbocycles. The molecule has 0 spiro atoms. The number of rotatable bonds is 0. The van der Waals surface area contributed by atoms with E-state index < -0.39 is 0 Å². The van der Waals surface area contributed by atoms with Gasteiger partial charge in [-0.2, -0.15) is 0 Å². The fourth-order valence-corrected chi connectivity index (χ4v) is 0.849. The van der Waals surface area contributed by atoms with Crippen LogP contribution < -0.4 is 0 Å². The van der Waals surface area contributed by atoms with Crippen molar-refractivity contribution in [2.75, 3.05) is 0 Å². The maximum absolute atomic E-state index is 4.84. The van der Waals surface area contributed by atoms with E-state index in [0.717, 1.165) is 10.8 Å². The highest BCUT2D eigenvalue weighted by Gasteiger charge is 1.90. The molecule has 1 heterocycles. The highest BCUT2D eigenvalue weighted by Crippen LogP contribution is 2.12. The second-order valence-electron chi connectivity index (χ2n) is 1.93. The molecule has 0 atom stereocenters. The van der Waals surface area contributed by atoms with Gasteiger partial charge in [0.2, 0.25) is 0 Å². The van der Waals surface area contributed by atoms with Gasteiger partial charge in [-0.15, -0.1) is 0 Å². The summed E-state index contributed by atoms with van der Waals surface area (Å²) in [5.41, 5.74) is 0. The Morgan fingerprint density at radius 2 is 2.11 bits per heavy atom. The second-order valence-corrected chi connectivity index (χ2v) is 1.93. The minimum absolute atomic E-state index is 1.04. The topological polar surface area (TPSA) is 13.1 Å². The van der Waals surface area contributed by atoms with Crippen LogP contribution in [0.15, 0.2) is 34.9 Å². The van der Waals surface area contributed by atoms with Crippen LogP contribution in [0.25, 0.3) is 10.8 Å². The summed E-state index contributed by atoms with van der Waals surface area (Å²) in [5, 5.41) is 2.15. The zero-order valence-electron chi connectivity index (χ0n) is 4.79. The van der Waals surface area contributed by atoms with Gasteiger partial charge in [-0.05, 0) is 0 Å². The van der Waals surface area contributed by atoms with Gasteiger partial charge in [0.1, 0.15) is 0 Å². The van der Waals surface area contributed by atoms with Gasteiger partial charge in [0.25, 0.3) is 0 Å². The standard InChI is InChI=1S/C8H5O/c1-2-4-8-6-9-5-7(8)3-1/h1-5H. The Hall–Kier alpha value is -1.24. The molecule has 2 rings (SSSR count). The lowest BCUT2D eigenvalue weighted by molar-refractivity contribution is 0.563. The molecular formula is C8H5O. The van der Waals surface area contributed by atoms with Crippen molar-refractivity contribution in [2.45, 2.75) is 0 Å². The van der Waals surface area contributed by atoms with E-state index >= 15 is 0 Å². The third-order valence-electron chi connectivity index (χ3n) is 1.32. The van der Waals surface area contributed by atoms with E-state index in [1.54, 1.807) is 6.26 Å². The first-order chi connectivity index (χ1) is 4.47. The molecule has 1 radical (unpaired) electrons. The van der Waals surface area contributed by atoms with E-state index in [0.29, 0.717) is 0 Å². The van der Waals surface area contributed by atoms with E-state index in [-0.39, 0.29) is 0 Å². The molecule has 1 heteroatoms. The zero-order chi connectivity index (χ0) is 6.10. The Morgan fingerprint density at radius 3 is 3.00 bits per heavy atom. The van der Waals surface area contributed by atoms with Crippen LogP contribution >= 0.6 is 0 Å². The van der Waals surface area contributed by atoms with Crippen LogP contribution in [0.2, 0.25) is 0 Å². The number of benzene rings is 1. The Morgan fingerprint density at radius 1 is 1.22 bits per heavy atom. The summed E-state index contributed by atoms with van der Waals surface area (Å²) in [6.45, 7) is 0. The van der Waals surface area contributed by atoms with Crippen LogP contribution in [-0.4, -0.2) is 0 Å². The van der Waals surface area contributed by atoms with Crippen LogP contribution in [0.4, 0.5) is 0 Å². The summed E-state index contributed by atoms with van der Waals surface area (Å²) >= 11 is 0. The Bertz CT molecular complexity index is 279. The molecule has 0 saturated heterocycles. The summed E-state index contributed by atoms with van der Waals surface area (Å²) in [6.07, 6.45) is 4.43. The molecule has 2 aromatic rings. The predicted molar refractivity (Wildman–Crippen MR) is 35.1 cm³/mol. The first-order valence-electron chi connectivity index (χ1n) is 2.81. The van der Waals surface area contributed by atoms with Gasteiger partial charge in [0.05, 0.1) is 6.26 Å². The van der Waals surface area contributed by atoms with Gasteiger partial charge in [-0.25, -0.2) is 0 Å². The van der Waals surface area contributed by atoms with Crippen LogP contribution in [-0.2, 0) is 0 Å². The molecular weight excluding hydrogens is 112 g/mol. The van der Waals surface area contributed by atoms with Crippen molar-refractivity contribution < 1.29 is 4.42 Å². The van der Waals surface area contributed by atoms with Crippen molar-refractivity contribution in [3.05, 3.63) is 36.8 Å². The number of fused-ring (bicyclic) bond motifs is 1. The predicted octanol–water partition coefficient (Wildman–Crippen LogP) is 2.23. The molecule has 0 aliphatic heterocycles. The average Bonchev–Trinajstić information content (AvgIpc) is 2.33. The summed E-state index contributed by atoms with van der Waals surface area (Å²) in [5.74, 6) is 0. The van der Waals surface area contributed by atoms with Gasteiger partial charge in [-0.1, -0.05) is 24.3 Å². The normalized spacial score (nSPS) is 10.2. The van der Waals surface area contributed by atoms with Gasteiger partial charge in [0.15, 0.2) is 6.26 Å². The van der Waals surface area contributed by atoms with Crippen LogP contribution in [0.1, 0.15) is 0 Å². The van der Waals surface area contributed by atoms with E-state index in [1.807, 2.05) is 24.3 Å². The minimum Gasteiger partial charge on any atom is -0.460 e. The summed E-state index contributed by atoms with van der Waals surface area (Å²) in [4.78, 5) is 0. The molecule has 0 bridgehead atoms. The maximum Gasteiger partial charge on any atom is 0.177 e. The SMILES string of the molecule is [c]1occ2ccccc12. The summed E-state index contributed by atoms with van der Waals surface area (Å²) in [6, 6.07) is 7.91. The molecule has 1 nitrogen and oxygen atoms in total. The summed E-state index contributed by atoms with van der Waals surface area (Å²) < 4.78 is 4.84. The van der Waals surface area contributed by atoms with Crippen molar-refractivity contribution in [3.63, 3.8) is 0 Å². The van der Waals surface area contributed by atoms with E-state index in [4.69, 9.17) is 4.42 Å². The largest absolute Gasteiger partial charge is 0.460 e. The minimum atomic E-state index is 1.04. The maximum atomic E-state index is 4.84. The number of hydrogen-bond acceptors (Lipinski definition) is 1. The van der Waals surface area contributed by atoms with Crippen molar-refractivity contribution in [1.29, 1.82) is 0 Å². The molecule has 0 unspecified atom stereocenters. The lowest BCUT2D eigenvalue weighted by Gasteiger charge is -1.79. The Labute approximate surface area is 52.9 Å². The van der Waals surface area contributed by atoms with Gasteiger partial charge >= 0.3 is 0 Å². The summed E-state index contributed by atoms with van der Waals surface area (Å²) in [7, 11) is 0. The fourth-order valence-electron chi connectivity index (χ4n) is 0.849. The third-order valence-corrected chi connectivity index (χ3v) is 1.32. The molecule has 0 amide bonds. The molecule has 0 N–H and O–H groups in total. The van der Waals surface area contributed by atoms with E-state index in [2.05, 4.69) is 6.26 Å². The Balaban J connectivity index is 2.95.